The van der Waals surface area contributed by atoms with E-state index >= 15 is 0 Å². The van der Waals surface area contributed by atoms with E-state index in [9.17, 15) is 0 Å². The predicted octanol–water partition coefficient (Wildman–Crippen LogP) is -0.925. The molecule has 0 heterocycles. The molecule has 28 valence electrons. The van der Waals surface area contributed by atoms with E-state index in [1.54, 1.807) is 0 Å². The van der Waals surface area contributed by atoms with Gasteiger partial charge in [0.15, 0.2) is 17.4 Å². The molecule has 0 aromatic carbocycles. The molecule has 0 aliphatic heterocycles. The smallest absolute Gasteiger partial charge is 0.175 e. The van der Waals surface area contributed by atoms with E-state index in [1.165, 1.54) is 7.00 Å². The van der Waals surface area contributed by atoms with Crippen molar-refractivity contribution in [2.75, 3.05) is 0 Å². The number of rotatable bonds is 0. The van der Waals surface area contributed by atoms with Gasteiger partial charge in [-0.15, -0.1) is 0 Å². The first-order valence-electron chi connectivity index (χ1n) is 1.12. The van der Waals surface area contributed by atoms with Gasteiger partial charge < -0.3 is 0 Å². The van der Waals surface area contributed by atoms with Crippen molar-refractivity contribution in [3.05, 3.63) is 0 Å². The summed E-state index contributed by atoms with van der Waals surface area (Å²) in [6.07, 6.45) is 0. The van der Waals surface area contributed by atoms with Gasteiger partial charge in [0.25, 0.3) is 0 Å². The van der Waals surface area contributed by atoms with E-state index in [0.717, 1.165) is 0 Å². The Morgan fingerprint density at radius 2 is 1.60 bits per heavy atom. The number of hydrogen-bond donors (Lipinski definition) is 0. The topological polar surface area (TPSA) is 0 Å². The monoisotopic (exact) mass is 138 g/mol. The molecule has 0 bridgehead atoms. The van der Waals surface area contributed by atoms with Crippen molar-refractivity contribution in [2.45, 2.75) is 6.82 Å². The average Bonchev–Trinajstić information content (AvgIpc) is 0.918. The van der Waals surface area contributed by atoms with Crippen LogP contribution in [0.2, 0.25) is 6.82 Å². The van der Waals surface area contributed by atoms with E-state index in [0.29, 0.717) is 0 Å². The molecule has 0 saturated carbocycles. The first-order chi connectivity index (χ1) is 1.41. The van der Waals surface area contributed by atoms with Crippen LogP contribution in [0.15, 0.2) is 0 Å². The van der Waals surface area contributed by atoms with Gasteiger partial charge in [-0.1, -0.05) is 6.82 Å². The van der Waals surface area contributed by atoms with E-state index in [1.807, 2.05) is 0 Å². The maximum absolute atomic E-state index is 2.58. The van der Waals surface area contributed by atoms with Gasteiger partial charge in [0, 0.05) is 21.7 Å². The van der Waals surface area contributed by atoms with Gasteiger partial charge in [-0.25, -0.2) is 0 Å². The minimum atomic E-state index is 0. The van der Waals surface area contributed by atoms with Crippen LogP contribution in [0.4, 0.5) is 0 Å². The summed E-state index contributed by atoms with van der Waals surface area (Å²) in [6.45, 7) is 3.25. The van der Waals surface area contributed by atoms with E-state index in [4.69, 9.17) is 0 Å². The van der Waals surface area contributed by atoms with E-state index in [2.05, 4.69) is 15.9 Å². The zero-order valence-electron chi connectivity index (χ0n) is 2.78. The summed E-state index contributed by atoms with van der Waals surface area (Å²) in [7, 11) is 2.58. The molecule has 0 radical (unpaired) electrons. The Kier molecular flexibility index (Phi) is 54.5. The van der Waals surface area contributed by atoms with Gasteiger partial charge in [-0.05, 0) is 0 Å². The summed E-state index contributed by atoms with van der Waals surface area (Å²) >= 11 is 0. The number of hydrogen-bond acceptors (Lipinski definition) is 0. The first kappa shape index (κ1) is 15.9. The Morgan fingerprint density at radius 1 is 1.60 bits per heavy atom. The molecule has 0 amide bonds. The molecule has 0 aromatic rings. The summed E-state index contributed by atoms with van der Waals surface area (Å²) in [5.41, 5.74) is 0. The molecule has 0 rings (SSSR count). The largest absolute Gasteiger partial charge is 0.187 e. The Morgan fingerprint density at radius 3 is 1.60 bits per heavy atom. The second kappa shape index (κ2) is 17.2. The molecular weight excluding hydrogens is 129 g/mol. The molecule has 0 fully saturated rings. The Bertz CT molecular complexity index is 11.6. The van der Waals surface area contributed by atoms with Crippen molar-refractivity contribution in [1.82, 2.24) is 0 Å². The quantitative estimate of drug-likeness (QED) is 0.299. The molecule has 0 saturated heterocycles. The van der Waals surface area contributed by atoms with Crippen LogP contribution in [0.3, 0.4) is 0 Å². The maximum atomic E-state index is 2.58. The van der Waals surface area contributed by atoms with Crippen LogP contribution >= 0.6 is 9.12 Å². The Balaban J connectivity index is -0.0000000200. The maximum Gasteiger partial charge on any atom is 0.187 e. The van der Waals surface area contributed by atoms with Crippen LogP contribution < -0.4 is 0 Å². The minimum absolute atomic E-state index is 0. The van der Waals surface area contributed by atoms with Crippen LogP contribution in [0, 0.1) is 0 Å². The molecule has 1 unspecified atom stereocenters. The third kappa shape index (κ3) is 26.5. The second-order valence-corrected chi connectivity index (χ2v) is 1.22. The van der Waals surface area contributed by atoms with Crippen LogP contribution in [-0.4, -0.2) is 24.4 Å². The molecule has 0 aliphatic carbocycles. The zero-order valence-corrected chi connectivity index (χ0v) is 5.50. The fourth-order valence-corrected chi connectivity index (χ4v) is 0. The van der Waals surface area contributed by atoms with Crippen LogP contribution in [0.25, 0.3) is 0 Å². The van der Waals surface area contributed by atoms with Crippen molar-refractivity contribution in [1.29, 1.82) is 0 Å². The van der Waals surface area contributed by atoms with Crippen molar-refractivity contribution < 1.29 is 21.7 Å². The molecule has 0 aromatic heterocycles. The van der Waals surface area contributed by atoms with Crippen molar-refractivity contribution in [2.24, 2.45) is 0 Å². The first-order valence-corrected chi connectivity index (χ1v) is 1.93. The van der Waals surface area contributed by atoms with Gasteiger partial charge in [-0.3, -0.25) is 0 Å². The predicted molar refractivity (Wildman–Crippen MR) is 32.7 cm³/mol. The van der Waals surface area contributed by atoms with Crippen molar-refractivity contribution >= 4 is 33.5 Å². The Labute approximate surface area is 61.9 Å². The summed E-state index contributed by atoms with van der Waals surface area (Å²) in [4.78, 5) is 0. The van der Waals surface area contributed by atoms with Crippen LogP contribution in [-0.2, 0) is 21.7 Å². The van der Waals surface area contributed by atoms with Gasteiger partial charge in [0.2, 0.25) is 0 Å². The molecule has 0 N–H and O–H groups in total. The third-order valence-corrected chi connectivity index (χ3v) is 0. The molecule has 1 atom stereocenters. The van der Waals surface area contributed by atoms with Crippen LogP contribution in [0.1, 0.15) is 0 Å². The molecule has 5 heavy (non-hydrogen) atoms. The van der Waals surface area contributed by atoms with Crippen LogP contribution in [0.5, 0.6) is 0 Å². The van der Waals surface area contributed by atoms with E-state index < -0.39 is 0 Å². The second-order valence-electron chi connectivity index (χ2n) is 0.408. The van der Waals surface area contributed by atoms with Gasteiger partial charge >= 0.3 is 0 Å². The molecular formula is CH9AlBPTi. The Hall–Kier alpha value is 1.74. The summed E-state index contributed by atoms with van der Waals surface area (Å²) in [5.74, 6) is 0. The fraction of sp³-hybridized carbons (Fsp3) is 1.00. The van der Waals surface area contributed by atoms with Gasteiger partial charge in [0.1, 0.15) is 7.00 Å². The summed E-state index contributed by atoms with van der Waals surface area (Å²) in [5, 5.41) is 0. The minimum Gasteiger partial charge on any atom is -0.175 e. The zero-order chi connectivity index (χ0) is 2.71. The average molecular weight is 138 g/mol. The van der Waals surface area contributed by atoms with Gasteiger partial charge in [0.05, 0.1) is 0 Å². The summed E-state index contributed by atoms with van der Waals surface area (Å²) in [6, 6.07) is 0. The molecule has 0 nitrogen and oxygen atoms in total. The van der Waals surface area contributed by atoms with E-state index in [-0.39, 0.29) is 39.1 Å². The normalized spacial score (nSPS) is 2.80. The van der Waals surface area contributed by atoms with Crippen molar-refractivity contribution in [3.63, 3.8) is 0 Å². The van der Waals surface area contributed by atoms with Crippen molar-refractivity contribution in [3.8, 4) is 0 Å². The molecule has 0 aliphatic rings. The third-order valence-electron chi connectivity index (χ3n) is 0. The summed E-state index contributed by atoms with van der Waals surface area (Å²) < 4.78 is 0. The molecule has 0 spiro atoms. The fourth-order valence-electron chi connectivity index (χ4n) is 0. The van der Waals surface area contributed by atoms with Gasteiger partial charge in [-0.2, -0.15) is 9.12 Å². The standard InChI is InChI=1S/CH6BP.Al.Ti.3H/c1-2-3;;;;;/h2H,3H2,1H3;;;;;. The molecule has 4 heteroatoms. The SMILES string of the molecule is CBP.[AlH3].[Ti].